The lowest BCUT2D eigenvalue weighted by Gasteiger charge is -2.13. The summed E-state index contributed by atoms with van der Waals surface area (Å²) in [6.07, 6.45) is 2.55. The average Bonchev–Trinajstić information content (AvgIpc) is 2.53. The number of carbonyl (C=O) groups excluding carboxylic acids is 1. The zero-order chi connectivity index (χ0) is 18.3. The van der Waals surface area contributed by atoms with E-state index in [1.54, 1.807) is 13.8 Å². The Morgan fingerprint density at radius 1 is 1.29 bits per heavy atom. The zero-order valence-corrected chi connectivity index (χ0v) is 14.6. The number of aliphatic hydroxyl groups excluding tert-OH is 1. The molecule has 1 N–H and O–H groups in total. The van der Waals surface area contributed by atoms with E-state index in [1.807, 2.05) is 0 Å². The molecule has 0 unspecified atom stereocenters. The molecule has 0 bridgehead atoms. The van der Waals surface area contributed by atoms with Crippen LogP contribution in [0.1, 0.15) is 43.1 Å². The Balaban J connectivity index is 0.000000891. The van der Waals surface area contributed by atoms with Crippen molar-refractivity contribution >= 4 is 16.9 Å². The van der Waals surface area contributed by atoms with E-state index >= 15 is 0 Å². The molecule has 24 heavy (non-hydrogen) atoms. The van der Waals surface area contributed by atoms with E-state index in [2.05, 4.69) is 13.8 Å². The maximum atomic E-state index is 13.7. The van der Waals surface area contributed by atoms with E-state index in [9.17, 15) is 14.0 Å². The van der Waals surface area contributed by atoms with Crippen molar-refractivity contribution in [3.8, 4) is 0 Å². The molecule has 5 nitrogen and oxygen atoms in total. The Hall–Kier alpha value is -2.21. The Labute approximate surface area is 140 Å². The molecule has 0 aliphatic heterocycles. The molecule has 0 radical (unpaired) electrons. The molecule has 0 saturated heterocycles. The van der Waals surface area contributed by atoms with E-state index in [4.69, 9.17) is 9.84 Å². The summed E-state index contributed by atoms with van der Waals surface area (Å²) < 4.78 is 20.0. The summed E-state index contributed by atoms with van der Waals surface area (Å²) in [6.45, 7) is 7.53. The molecule has 0 aliphatic carbocycles. The summed E-state index contributed by atoms with van der Waals surface area (Å²) in [5, 5.41) is 9.33. The molecular formula is C18H24FNO4. The topological polar surface area (TPSA) is 68.5 Å². The van der Waals surface area contributed by atoms with Gasteiger partial charge in [-0.25, -0.2) is 9.18 Å². The highest BCUT2D eigenvalue weighted by Gasteiger charge is 2.17. The zero-order valence-electron chi connectivity index (χ0n) is 14.6. The Morgan fingerprint density at radius 2 is 1.92 bits per heavy atom. The number of halogens is 1. The van der Waals surface area contributed by atoms with E-state index < -0.39 is 17.2 Å². The maximum Gasteiger partial charge on any atom is 0.343 e. The number of esters is 1. The summed E-state index contributed by atoms with van der Waals surface area (Å²) in [6, 6.07) is 2.64. The number of benzene rings is 1. The average molecular weight is 337 g/mol. The number of aryl methyl sites for hydroxylation is 1. The largest absolute Gasteiger partial charge is 0.462 e. The van der Waals surface area contributed by atoms with Gasteiger partial charge in [0.15, 0.2) is 0 Å². The van der Waals surface area contributed by atoms with Crippen LogP contribution in [-0.4, -0.2) is 28.9 Å². The summed E-state index contributed by atoms with van der Waals surface area (Å²) in [4.78, 5) is 24.2. The molecule has 1 heterocycles. The van der Waals surface area contributed by atoms with Crippen molar-refractivity contribution in [3.63, 3.8) is 0 Å². The first-order chi connectivity index (χ1) is 11.4. The molecule has 0 atom stereocenters. The standard InChI is InChI=1S/C15H16FNO4.C3H8/c1-3-21-15(20)11-8-17(4-5-18)13-7-12(16)9(2)6-10(13)14(11)19;1-3-2/h6-8,18H,3-5H2,1-2H3;3H2,1-2H3. The van der Waals surface area contributed by atoms with Crippen LogP contribution in [0.4, 0.5) is 4.39 Å². The summed E-state index contributed by atoms with van der Waals surface area (Å²) in [5.41, 5.74) is 0.0332. The number of rotatable bonds is 4. The van der Waals surface area contributed by atoms with E-state index in [1.165, 1.54) is 29.3 Å². The summed E-state index contributed by atoms with van der Waals surface area (Å²) in [7, 11) is 0. The van der Waals surface area contributed by atoms with Gasteiger partial charge in [0.2, 0.25) is 5.43 Å². The number of hydrogen-bond acceptors (Lipinski definition) is 4. The van der Waals surface area contributed by atoms with Gasteiger partial charge in [-0.3, -0.25) is 4.79 Å². The molecule has 2 rings (SSSR count). The van der Waals surface area contributed by atoms with Crippen LogP contribution in [0.25, 0.3) is 10.9 Å². The molecular weight excluding hydrogens is 313 g/mol. The smallest absolute Gasteiger partial charge is 0.343 e. The summed E-state index contributed by atoms with van der Waals surface area (Å²) >= 11 is 0. The second-order valence-electron chi connectivity index (χ2n) is 5.34. The monoisotopic (exact) mass is 337 g/mol. The lowest BCUT2D eigenvalue weighted by molar-refractivity contribution is 0.0524. The van der Waals surface area contributed by atoms with Crippen molar-refractivity contribution in [2.45, 2.75) is 40.7 Å². The first kappa shape index (κ1) is 19.8. The van der Waals surface area contributed by atoms with Crippen molar-refractivity contribution in [1.29, 1.82) is 0 Å². The van der Waals surface area contributed by atoms with Crippen molar-refractivity contribution in [3.05, 3.63) is 45.5 Å². The number of ether oxygens (including phenoxy) is 1. The fourth-order valence-electron chi connectivity index (χ4n) is 2.17. The highest BCUT2D eigenvalue weighted by molar-refractivity contribution is 5.94. The van der Waals surface area contributed by atoms with Gasteiger partial charge in [-0.15, -0.1) is 0 Å². The quantitative estimate of drug-likeness (QED) is 0.871. The Morgan fingerprint density at radius 3 is 2.46 bits per heavy atom. The minimum absolute atomic E-state index is 0.121. The van der Waals surface area contributed by atoms with Gasteiger partial charge < -0.3 is 14.4 Å². The fraction of sp³-hybridized carbons (Fsp3) is 0.444. The highest BCUT2D eigenvalue weighted by atomic mass is 19.1. The van der Waals surface area contributed by atoms with E-state index in [0.717, 1.165) is 0 Å². The second-order valence-corrected chi connectivity index (χ2v) is 5.34. The molecule has 0 saturated carbocycles. The Bertz CT molecular complexity index is 768. The maximum absolute atomic E-state index is 13.7. The van der Waals surface area contributed by atoms with Crippen LogP contribution < -0.4 is 5.43 Å². The lowest BCUT2D eigenvalue weighted by Crippen LogP contribution is -2.21. The van der Waals surface area contributed by atoms with Gasteiger partial charge in [0.05, 0.1) is 18.7 Å². The molecule has 2 aromatic rings. The predicted molar refractivity (Wildman–Crippen MR) is 91.9 cm³/mol. The van der Waals surface area contributed by atoms with Crippen LogP contribution in [0.2, 0.25) is 0 Å². The number of hydrogen-bond donors (Lipinski definition) is 1. The molecule has 1 aromatic carbocycles. The molecule has 132 valence electrons. The van der Waals surface area contributed by atoms with Gasteiger partial charge >= 0.3 is 5.97 Å². The van der Waals surface area contributed by atoms with Gasteiger partial charge in [0.1, 0.15) is 11.4 Å². The van der Waals surface area contributed by atoms with Gasteiger partial charge in [-0.2, -0.15) is 0 Å². The van der Waals surface area contributed by atoms with Gasteiger partial charge in [-0.1, -0.05) is 20.3 Å². The number of fused-ring (bicyclic) bond motifs is 1. The first-order valence-corrected chi connectivity index (χ1v) is 8.02. The van der Waals surface area contributed by atoms with Crippen LogP contribution in [0.15, 0.2) is 23.1 Å². The predicted octanol–water partition coefficient (Wildman–Crippen LogP) is 3.03. The Kier molecular flexibility index (Phi) is 7.58. The van der Waals surface area contributed by atoms with Crippen LogP contribution >= 0.6 is 0 Å². The number of nitrogens with zero attached hydrogens (tertiary/aromatic N) is 1. The third-order valence-corrected chi connectivity index (χ3v) is 3.20. The molecule has 0 amide bonds. The number of carbonyl (C=O) groups is 1. The minimum atomic E-state index is -0.724. The van der Waals surface area contributed by atoms with Crippen LogP contribution in [0.5, 0.6) is 0 Å². The van der Waals surface area contributed by atoms with Crippen LogP contribution in [0.3, 0.4) is 0 Å². The van der Waals surface area contributed by atoms with Crippen molar-refractivity contribution in [2.75, 3.05) is 13.2 Å². The normalized spacial score (nSPS) is 10.2. The van der Waals surface area contributed by atoms with E-state index in [0.29, 0.717) is 11.1 Å². The lowest BCUT2D eigenvalue weighted by atomic mass is 10.1. The number of aromatic nitrogens is 1. The van der Waals surface area contributed by atoms with Crippen molar-refractivity contribution in [1.82, 2.24) is 4.57 Å². The SMILES string of the molecule is CCC.CCOC(=O)c1cn(CCO)c2cc(F)c(C)cc2c1=O. The molecule has 0 spiro atoms. The van der Waals surface area contributed by atoms with Crippen molar-refractivity contribution < 1.29 is 19.0 Å². The van der Waals surface area contributed by atoms with Gasteiger partial charge in [0.25, 0.3) is 0 Å². The third kappa shape index (κ3) is 4.41. The minimum Gasteiger partial charge on any atom is -0.462 e. The molecule has 1 aromatic heterocycles. The van der Waals surface area contributed by atoms with E-state index in [-0.39, 0.29) is 30.7 Å². The highest BCUT2D eigenvalue weighted by Crippen LogP contribution is 2.17. The first-order valence-electron chi connectivity index (χ1n) is 8.02. The van der Waals surface area contributed by atoms with Gasteiger partial charge in [0, 0.05) is 18.1 Å². The number of aliphatic hydroxyl groups is 1. The second kappa shape index (κ2) is 9.17. The van der Waals surface area contributed by atoms with Gasteiger partial charge in [-0.05, 0) is 31.5 Å². The van der Waals surface area contributed by atoms with Crippen molar-refractivity contribution in [2.24, 2.45) is 0 Å². The van der Waals surface area contributed by atoms with Crippen LogP contribution in [0, 0.1) is 12.7 Å². The molecule has 6 heteroatoms. The molecule has 0 aliphatic rings. The fourth-order valence-corrected chi connectivity index (χ4v) is 2.17. The summed E-state index contributed by atoms with van der Waals surface area (Å²) in [5.74, 6) is -1.17. The third-order valence-electron chi connectivity index (χ3n) is 3.20. The molecule has 0 fully saturated rings. The van der Waals surface area contributed by atoms with Crippen LogP contribution in [-0.2, 0) is 11.3 Å². The number of pyridine rings is 1.